The summed E-state index contributed by atoms with van der Waals surface area (Å²) in [5.74, 6) is -1.36. The Morgan fingerprint density at radius 1 is 0.970 bits per heavy atom. The number of rotatable bonds is 6. The molecule has 2 aromatic rings. The largest absolute Gasteiger partial charge is 0.497 e. The van der Waals surface area contributed by atoms with Crippen LogP contribution in [0.25, 0.3) is 0 Å². The molecule has 0 radical (unpaired) electrons. The van der Waals surface area contributed by atoms with E-state index in [-0.39, 0.29) is 46.8 Å². The van der Waals surface area contributed by atoms with Gasteiger partial charge in [-0.05, 0) is 55.0 Å². The van der Waals surface area contributed by atoms with E-state index in [1.165, 1.54) is 18.1 Å². The van der Waals surface area contributed by atoms with Crippen LogP contribution in [0.5, 0.6) is 5.75 Å². The van der Waals surface area contributed by atoms with Gasteiger partial charge in [0.05, 0.1) is 30.2 Å². The maximum absolute atomic E-state index is 13.1. The minimum atomic E-state index is -0.700. The van der Waals surface area contributed by atoms with Gasteiger partial charge in [-0.15, -0.1) is 0 Å². The molecule has 7 nitrogen and oxygen atoms in total. The smallest absolute Gasteiger partial charge is 0.338 e. The summed E-state index contributed by atoms with van der Waals surface area (Å²) < 4.78 is 10.3. The lowest BCUT2D eigenvalue weighted by Crippen LogP contribution is -2.33. The van der Waals surface area contributed by atoms with Crippen LogP contribution in [0.2, 0.25) is 0 Å². The van der Waals surface area contributed by atoms with Gasteiger partial charge in [0.1, 0.15) is 5.75 Å². The van der Waals surface area contributed by atoms with Crippen LogP contribution in [-0.2, 0) is 14.3 Å². The monoisotopic (exact) mass is 445 g/mol. The number of Topliss-reactive ketones (excluding diaryl/α,β-unsaturated/α-hetero) is 1. The summed E-state index contributed by atoms with van der Waals surface area (Å²) in [5, 5.41) is 0. The molecule has 1 heterocycles. The van der Waals surface area contributed by atoms with Crippen LogP contribution < -0.4 is 9.64 Å². The number of esters is 1. The molecule has 0 N–H and O–H groups in total. The van der Waals surface area contributed by atoms with Crippen LogP contribution in [0.1, 0.15) is 32.7 Å². The highest BCUT2D eigenvalue weighted by Crippen LogP contribution is 2.53. The van der Waals surface area contributed by atoms with Gasteiger partial charge in [0.2, 0.25) is 11.8 Å². The molecular formula is C26H23NO6. The number of fused-ring (bicyclic) bond motifs is 5. The number of nitrogens with zero attached hydrogens (tertiary/aromatic N) is 1. The minimum absolute atomic E-state index is 0.109. The van der Waals surface area contributed by atoms with Gasteiger partial charge in [0.25, 0.3) is 0 Å². The predicted molar refractivity (Wildman–Crippen MR) is 119 cm³/mol. The van der Waals surface area contributed by atoms with Gasteiger partial charge in [-0.2, -0.15) is 0 Å². The number of ether oxygens (including phenoxy) is 2. The molecule has 7 heteroatoms. The number of imide groups is 1. The van der Waals surface area contributed by atoms with Gasteiger partial charge < -0.3 is 9.47 Å². The Morgan fingerprint density at radius 3 is 2.33 bits per heavy atom. The second-order valence-corrected chi connectivity index (χ2v) is 8.74. The minimum Gasteiger partial charge on any atom is -0.497 e. The molecule has 168 valence electrons. The molecule has 4 unspecified atom stereocenters. The van der Waals surface area contributed by atoms with Crippen molar-refractivity contribution >= 4 is 29.3 Å². The first-order valence-corrected chi connectivity index (χ1v) is 10.9. The molecule has 3 aliphatic rings. The third kappa shape index (κ3) is 3.44. The molecule has 33 heavy (non-hydrogen) atoms. The van der Waals surface area contributed by atoms with E-state index < -0.39 is 12.6 Å². The molecule has 0 spiro atoms. The van der Waals surface area contributed by atoms with Crippen LogP contribution in [0.15, 0.2) is 54.6 Å². The van der Waals surface area contributed by atoms with Crippen molar-refractivity contribution in [1.29, 1.82) is 0 Å². The quantitative estimate of drug-likeness (QED) is 0.293. The lowest BCUT2D eigenvalue weighted by molar-refractivity contribution is -0.123. The number of anilines is 1. The lowest BCUT2D eigenvalue weighted by Gasteiger charge is -2.20. The zero-order valence-corrected chi connectivity index (χ0v) is 18.3. The van der Waals surface area contributed by atoms with E-state index in [0.717, 1.165) is 6.42 Å². The van der Waals surface area contributed by atoms with Gasteiger partial charge >= 0.3 is 5.97 Å². The van der Waals surface area contributed by atoms with E-state index in [4.69, 9.17) is 9.47 Å². The number of carbonyl (C=O) groups excluding carboxylic acids is 4. The van der Waals surface area contributed by atoms with Crippen molar-refractivity contribution in [3.63, 3.8) is 0 Å². The number of benzene rings is 2. The van der Waals surface area contributed by atoms with Gasteiger partial charge in [0.15, 0.2) is 12.4 Å². The van der Waals surface area contributed by atoms with Gasteiger partial charge in [-0.1, -0.05) is 30.4 Å². The standard InChI is InChI=1S/C26H23NO6/c1-14-6-7-18(26(31)33-13-21(28)15-4-3-5-19(11-15)32-2)12-20(14)27-24(29)22-16-8-9-17(10-16)23(22)25(27)30/h3-9,11-12,16-17,22-23H,10,13H2,1-2H3. The molecule has 2 aromatic carbocycles. The van der Waals surface area contributed by atoms with E-state index in [1.807, 2.05) is 12.2 Å². The molecule has 1 saturated heterocycles. The first kappa shape index (κ1) is 21.1. The molecule has 2 bridgehead atoms. The highest BCUT2D eigenvalue weighted by Gasteiger charge is 2.59. The van der Waals surface area contributed by atoms with Gasteiger partial charge in [0, 0.05) is 5.56 Å². The molecule has 2 aliphatic carbocycles. The van der Waals surface area contributed by atoms with Gasteiger partial charge in [-0.3, -0.25) is 14.4 Å². The molecule has 1 saturated carbocycles. The number of aryl methyl sites for hydroxylation is 1. The Kier molecular flexibility index (Phi) is 5.12. The van der Waals surface area contributed by atoms with Crippen molar-refractivity contribution in [3.05, 3.63) is 71.3 Å². The maximum Gasteiger partial charge on any atom is 0.338 e. The van der Waals surface area contributed by atoms with E-state index >= 15 is 0 Å². The van der Waals surface area contributed by atoms with Crippen molar-refractivity contribution < 1.29 is 28.7 Å². The Hall–Kier alpha value is -3.74. The van der Waals surface area contributed by atoms with E-state index in [9.17, 15) is 19.2 Å². The van der Waals surface area contributed by atoms with Crippen molar-refractivity contribution in [1.82, 2.24) is 0 Å². The predicted octanol–water partition coefficient (Wildman–Crippen LogP) is 3.35. The highest BCUT2D eigenvalue weighted by atomic mass is 16.5. The fraction of sp³-hybridized carbons (Fsp3) is 0.308. The summed E-state index contributed by atoms with van der Waals surface area (Å²) in [5.41, 5.74) is 1.65. The first-order chi connectivity index (χ1) is 15.9. The first-order valence-electron chi connectivity index (χ1n) is 10.9. The Labute approximate surface area is 191 Å². The Balaban J connectivity index is 1.33. The average Bonchev–Trinajstić information content (AvgIpc) is 3.51. The van der Waals surface area contributed by atoms with Crippen molar-refractivity contribution in [2.45, 2.75) is 13.3 Å². The van der Waals surface area contributed by atoms with E-state index in [1.54, 1.807) is 43.3 Å². The van der Waals surface area contributed by atoms with Crippen LogP contribution in [0.4, 0.5) is 5.69 Å². The van der Waals surface area contributed by atoms with Gasteiger partial charge in [-0.25, -0.2) is 9.69 Å². The van der Waals surface area contributed by atoms with Crippen molar-refractivity contribution in [2.75, 3.05) is 18.6 Å². The summed E-state index contributed by atoms with van der Waals surface area (Å²) >= 11 is 0. The van der Waals surface area contributed by atoms with Crippen molar-refractivity contribution in [3.8, 4) is 5.75 Å². The molecule has 2 fully saturated rings. The molecular weight excluding hydrogens is 422 g/mol. The summed E-state index contributed by atoms with van der Waals surface area (Å²) in [6.07, 6.45) is 4.94. The number of ketones is 1. The Bertz CT molecular complexity index is 1190. The van der Waals surface area contributed by atoms with Crippen LogP contribution in [0.3, 0.4) is 0 Å². The number of amides is 2. The second kappa shape index (κ2) is 7.99. The molecule has 5 rings (SSSR count). The summed E-state index contributed by atoms with van der Waals surface area (Å²) in [6, 6.07) is 11.3. The topological polar surface area (TPSA) is 90.0 Å². The fourth-order valence-corrected chi connectivity index (χ4v) is 5.21. The van der Waals surface area contributed by atoms with E-state index in [2.05, 4.69) is 0 Å². The molecule has 4 atom stereocenters. The number of carbonyl (C=O) groups is 4. The summed E-state index contributed by atoms with van der Waals surface area (Å²) in [6.45, 7) is 1.36. The number of hydrogen-bond donors (Lipinski definition) is 0. The highest BCUT2D eigenvalue weighted by molar-refractivity contribution is 6.23. The van der Waals surface area contributed by atoms with Crippen LogP contribution in [0, 0.1) is 30.6 Å². The van der Waals surface area contributed by atoms with E-state index in [0.29, 0.717) is 22.6 Å². The molecule has 1 aliphatic heterocycles. The average molecular weight is 445 g/mol. The summed E-state index contributed by atoms with van der Waals surface area (Å²) in [7, 11) is 1.50. The summed E-state index contributed by atoms with van der Waals surface area (Å²) in [4.78, 5) is 52.6. The number of methoxy groups -OCH3 is 1. The number of allylic oxidation sites excluding steroid dienone is 2. The normalized spacial score (nSPS) is 24.8. The van der Waals surface area contributed by atoms with Crippen LogP contribution >= 0.6 is 0 Å². The fourth-order valence-electron chi connectivity index (χ4n) is 5.21. The lowest BCUT2D eigenvalue weighted by atomic mass is 9.85. The number of hydrogen-bond acceptors (Lipinski definition) is 6. The van der Waals surface area contributed by atoms with Crippen LogP contribution in [-0.4, -0.2) is 37.3 Å². The SMILES string of the molecule is COc1cccc(C(=O)COC(=O)c2ccc(C)c(N3C(=O)C4C5C=CC(C5)C4C3=O)c2)c1. The zero-order chi connectivity index (χ0) is 23.3. The maximum atomic E-state index is 13.1. The third-order valence-corrected chi connectivity index (χ3v) is 6.88. The molecule has 0 aromatic heterocycles. The Morgan fingerprint density at radius 2 is 1.67 bits per heavy atom. The third-order valence-electron chi connectivity index (χ3n) is 6.88. The second-order valence-electron chi connectivity index (χ2n) is 8.74. The zero-order valence-electron chi connectivity index (χ0n) is 18.3. The van der Waals surface area contributed by atoms with Crippen molar-refractivity contribution in [2.24, 2.45) is 23.7 Å². The molecule has 2 amide bonds.